The van der Waals surface area contributed by atoms with Crippen LogP contribution in [0.3, 0.4) is 0 Å². The molecule has 1 aliphatic rings. The summed E-state index contributed by atoms with van der Waals surface area (Å²) in [6, 6.07) is 12.4. The van der Waals surface area contributed by atoms with Gasteiger partial charge in [0.25, 0.3) is 5.69 Å². The van der Waals surface area contributed by atoms with Crippen LogP contribution in [-0.2, 0) is 10.0 Å². The molecule has 0 N–H and O–H groups in total. The van der Waals surface area contributed by atoms with E-state index in [1.54, 1.807) is 48.2 Å². The van der Waals surface area contributed by atoms with Crippen molar-refractivity contribution < 1.29 is 13.3 Å². The average Bonchev–Trinajstić information content (AvgIpc) is 2.61. The van der Waals surface area contributed by atoms with Crippen molar-refractivity contribution in [3.63, 3.8) is 0 Å². The van der Waals surface area contributed by atoms with Crippen molar-refractivity contribution in [3.8, 4) is 0 Å². The molecule has 0 unspecified atom stereocenters. The molecule has 7 nitrogen and oxygen atoms in total. The first-order chi connectivity index (χ1) is 12.3. The highest BCUT2D eigenvalue weighted by atomic mass is 35.5. The third kappa shape index (κ3) is 3.40. The highest BCUT2D eigenvalue weighted by Crippen LogP contribution is 2.37. The predicted octanol–water partition coefficient (Wildman–Crippen LogP) is 3.15. The molecule has 1 fully saturated rings. The molecule has 0 bridgehead atoms. The molecule has 2 aromatic rings. The molecule has 0 aromatic heterocycles. The van der Waals surface area contributed by atoms with E-state index in [1.807, 2.05) is 0 Å². The molecule has 26 heavy (non-hydrogen) atoms. The van der Waals surface area contributed by atoms with Crippen LogP contribution in [0.15, 0.2) is 53.4 Å². The summed E-state index contributed by atoms with van der Waals surface area (Å²) < 4.78 is 27.1. The van der Waals surface area contributed by atoms with Crippen LogP contribution >= 0.6 is 11.6 Å². The van der Waals surface area contributed by atoms with Gasteiger partial charge in [0.2, 0.25) is 10.0 Å². The van der Waals surface area contributed by atoms with Gasteiger partial charge in [-0.1, -0.05) is 35.9 Å². The Hall–Kier alpha value is -2.16. The topological polar surface area (TPSA) is 83.8 Å². The summed E-state index contributed by atoms with van der Waals surface area (Å²) in [5.41, 5.74) is 0.256. The first-order valence-electron chi connectivity index (χ1n) is 8.07. The fourth-order valence-corrected chi connectivity index (χ4v) is 5.12. The maximum absolute atomic E-state index is 12.9. The Bertz CT molecular complexity index is 921. The summed E-state index contributed by atoms with van der Waals surface area (Å²) in [6.07, 6.45) is 0. The lowest BCUT2D eigenvalue weighted by molar-refractivity contribution is -0.384. The van der Waals surface area contributed by atoms with E-state index in [4.69, 9.17) is 11.6 Å². The number of nitrogens with zero attached hydrogens (tertiary/aromatic N) is 3. The molecule has 9 heteroatoms. The highest BCUT2D eigenvalue weighted by molar-refractivity contribution is 7.89. The molecule has 1 aliphatic heterocycles. The molecule has 0 amide bonds. The third-order valence-corrected chi connectivity index (χ3v) is 6.73. The van der Waals surface area contributed by atoms with Gasteiger partial charge in [-0.25, -0.2) is 8.42 Å². The molecule has 1 saturated heterocycles. The molecule has 0 radical (unpaired) electrons. The zero-order valence-electron chi connectivity index (χ0n) is 14.1. The van der Waals surface area contributed by atoms with E-state index >= 15 is 0 Å². The van der Waals surface area contributed by atoms with Crippen molar-refractivity contribution in [2.24, 2.45) is 0 Å². The van der Waals surface area contributed by atoms with E-state index in [-0.39, 0.29) is 28.2 Å². The number of nitro groups is 1. The first-order valence-corrected chi connectivity index (χ1v) is 9.89. The SMILES string of the molecule is C[C@@H]1CN(c2c(Cl)cccc2[N+](=O)[O-])CCN1S(=O)(=O)c1ccccc1. The number of anilines is 1. The first kappa shape index (κ1) is 18.6. The fourth-order valence-electron chi connectivity index (χ4n) is 3.19. The van der Waals surface area contributed by atoms with E-state index in [0.29, 0.717) is 18.8 Å². The lowest BCUT2D eigenvalue weighted by Gasteiger charge is -2.40. The fraction of sp³-hybridized carbons (Fsp3) is 0.294. The summed E-state index contributed by atoms with van der Waals surface area (Å²) in [7, 11) is -3.61. The minimum absolute atomic E-state index is 0.0796. The maximum Gasteiger partial charge on any atom is 0.294 e. The van der Waals surface area contributed by atoms with Gasteiger partial charge in [0.15, 0.2) is 0 Å². The van der Waals surface area contributed by atoms with Crippen LogP contribution in [0, 0.1) is 10.1 Å². The van der Waals surface area contributed by atoms with Gasteiger partial charge in [0.1, 0.15) is 5.69 Å². The molecular formula is C17H18ClN3O4S. The Labute approximate surface area is 157 Å². The van der Waals surface area contributed by atoms with E-state index in [1.165, 1.54) is 16.4 Å². The summed E-state index contributed by atoms with van der Waals surface area (Å²) >= 11 is 6.20. The summed E-state index contributed by atoms with van der Waals surface area (Å²) in [4.78, 5) is 12.9. The standard InChI is InChI=1S/C17H18ClN3O4S/c1-13-12-19(17-15(18)8-5-9-16(17)21(22)23)10-11-20(13)26(24,25)14-6-3-2-4-7-14/h2-9,13H,10-12H2,1H3/t13-/m1/s1. The Balaban J connectivity index is 1.88. The van der Waals surface area contributed by atoms with Gasteiger partial charge in [-0.2, -0.15) is 4.31 Å². The van der Waals surface area contributed by atoms with Crippen LogP contribution in [0.4, 0.5) is 11.4 Å². The van der Waals surface area contributed by atoms with Crippen LogP contribution in [0.5, 0.6) is 0 Å². The highest BCUT2D eigenvalue weighted by Gasteiger charge is 2.35. The van der Waals surface area contributed by atoms with Crippen LogP contribution in [0.1, 0.15) is 6.92 Å². The molecule has 0 spiro atoms. The summed E-state index contributed by atoms with van der Waals surface area (Å²) in [5.74, 6) is 0. The van der Waals surface area contributed by atoms with Crippen LogP contribution in [0.25, 0.3) is 0 Å². The number of hydrogen-bond donors (Lipinski definition) is 0. The number of halogens is 1. The molecule has 0 saturated carbocycles. The van der Waals surface area contributed by atoms with Crippen LogP contribution < -0.4 is 4.90 Å². The second-order valence-corrected chi connectivity index (χ2v) is 8.39. The number of hydrogen-bond acceptors (Lipinski definition) is 5. The predicted molar refractivity (Wildman–Crippen MR) is 100 cm³/mol. The minimum atomic E-state index is -3.61. The summed E-state index contributed by atoms with van der Waals surface area (Å²) in [5, 5.41) is 11.6. The van der Waals surface area contributed by atoms with Crippen molar-refractivity contribution in [2.45, 2.75) is 17.9 Å². The van der Waals surface area contributed by atoms with Gasteiger partial charge >= 0.3 is 0 Å². The zero-order chi connectivity index (χ0) is 18.9. The Morgan fingerprint density at radius 2 is 1.81 bits per heavy atom. The van der Waals surface area contributed by atoms with Gasteiger partial charge in [-0.05, 0) is 25.1 Å². The number of sulfonamides is 1. The van der Waals surface area contributed by atoms with Gasteiger partial charge in [0.05, 0.1) is 14.8 Å². The molecule has 2 aromatic carbocycles. The van der Waals surface area contributed by atoms with E-state index in [2.05, 4.69) is 0 Å². The average molecular weight is 396 g/mol. The van der Waals surface area contributed by atoms with Crippen molar-refractivity contribution in [1.29, 1.82) is 0 Å². The van der Waals surface area contributed by atoms with Crippen molar-refractivity contribution in [2.75, 3.05) is 24.5 Å². The van der Waals surface area contributed by atoms with Crippen molar-refractivity contribution in [3.05, 3.63) is 63.7 Å². The van der Waals surface area contributed by atoms with Crippen LogP contribution in [-0.4, -0.2) is 43.3 Å². The molecular weight excluding hydrogens is 378 g/mol. The molecule has 1 atom stereocenters. The molecule has 3 rings (SSSR count). The third-order valence-electron chi connectivity index (χ3n) is 4.39. The normalized spacial score (nSPS) is 18.7. The van der Waals surface area contributed by atoms with Gasteiger partial charge in [-0.3, -0.25) is 10.1 Å². The number of benzene rings is 2. The Morgan fingerprint density at radius 3 is 2.42 bits per heavy atom. The Morgan fingerprint density at radius 1 is 1.12 bits per heavy atom. The quantitative estimate of drug-likeness (QED) is 0.586. The Kier molecular flexibility index (Phi) is 5.17. The minimum Gasteiger partial charge on any atom is -0.362 e. The second kappa shape index (κ2) is 7.22. The number of nitro benzene ring substituents is 1. The zero-order valence-corrected chi connectivity index (χ0v) is 15.7. The maximum atomic E-state index is 12.9. The monoisotopic (exact) mass is 395 g/mol. The van der Waals surface area contributed by atoms with Gasteiger partial charge < -0.3 is 4.90 Å². The number of rotatable bonds is 4. The lowest BCUT2D eigenvalue weighted by Crippen LogP contribution is -2.54. The smallest absolute Gasteiger partial charge is 0.294 e. The lowest BCUT2D eigenvalue weighted by atomic mass is 10.2. The van der Waals surface area contributed by atoms with Crippen molar-refractivity contribution in [1.82, 2.24) is 4.31 Å². The van der Waals surface area contributed by atoms with E-state index in [9.17, 15) is 18.5 Å². The number of piperazine rings is 1. The van der Waals surface area contributed by atoms with Gasteiger partial charge in [-0.15, -0.1) is 0 Å². The van der Waals surface area contributed by atoms with Crippen molar-refractivity contribution >= 4 is 33.0 Å². The van der Waals surface area contributed by atoms with E-state index in [0.717, 1.165) is 0 Å². The molecule has 0 aliphatic carbocycles. The summed E-state index contributed by atoms with van der Waals surface area (Å²) in [6.45, 7) is 2.65. The van der Waals surface area contributed by atoms with Gasteiger partial charge in [0, 0.05) is 31.7 Å². The van der Waals surface area contributed by atoms with Crippen LogP contribution in [0.2, 0.25) is 5.02 Å². The molecule has 138 valence electrons. The van der Waals surface area contributed by atoms with E-state index < -0.39 is 14.9 Å². The number of para-hydroxylation sites is 1. The largest absolute Gasteiger partial charge is 0.362 e. The molecule has 1 heterocycles. The second-order valence-electron chi connectivity index (χ2n) is 6.09.